The third-order valence-corrected chi connectivity index (χ3v) is 3.38. The third kappa shape index (κ3) is 2.76. The van der Waals surface area contributed by atoms with E-state index in [9.17, 15) is 5.11 Å². The van der Waals surface area contributed by atoms with Crippen LogP contribution in [0.1, 0.15) is 26.7 Å². The van der Waals surface area contributed by atoms with Gasteiger partial charge in [0.15, 0.2) is 0 Å². The Hall–Kier alpha value is -1.68. The molecule has 0 fully saturated rings. The highest BCUT2D eigenvalue weighted by atomic mass is 16.3. The van der Waals surface area contributed by atoms with E-state index in [1.54, 1.807) is 6.20 Å². The van der Waals surface area contributed by atoms with E-state index >= 15 is 0 Å². The number of nitrogens with one attached hydrogen (secondary N) is 1. The summed E-state index contributed by atoms with van der Waals surface area (Å²) in [7, 11) is 0. The van der Waals surface area contributed by atoms with E-state index in [0.29, 0.717) is 25.3 Å². The van der Waals surface area contributed by atoms with Gasteiger partial charge in [-0.05, 0) is 18.9 Å². The second-order valence-electron chi connectivity index (χ2n) is 4.54. The predicted octanol–water partition coefficient (Wildman–Crippen LogP) is 2.59. The maximum absolute atomic E-state index is 10.2. The lowest BCUT2D eigenvalue weighted by atomic mass is 9.98. The number of hydrogen-bond donors (Lipinski definition) is 2. The molecular formula is C14H19N3O. The fourth-order valence-electron chi connectivity index (χ4n) is 1.80. The summed E-state index contributed by atoms with van der Waals surface area (Å²) in [5.41, 5.74) is 0.223. The minimum Gasteiger partial charge on any atom is -0.388 e. The number of nitrogens with zero attached hydrogens (tertiary/aromatic N) is 2. The van der Waals surface area contributed by atoms with E-state index in [1.165, 1.54) is 0 Å². The molecule has 1 aromatic carbocycles. The number of aromatic nitrogens is 2. The first-order valence-corrected chi connectivity index (χ1v) is 6.35. The summed E-state index contributed by atoms with van der Waals surface area (Å²) >= 11 is 0. The smallest absolute Gasteiger partial charge is 0.223 e. The van der Waals surface area contributed by atoms with Gasteiger partial charge in [0.2, 0.25) is 5.95 Å². The van der Waals surface area contributed by atoms with E-state index in [-0.39, 0.29) is 0 Å². The zero-order chi connectivity index (χ0) is 13.0. The van der Waals surface area contributed by atoms with Crippen LogP contribution in [0.5, 0.6) is 0 Å². The van der Waals surface area contributed by atoms with Gasteiger partial charge in [0.1, 0.15) is 0 Å². The molecule has 0 aliphatic carbocycles. The largest absolute Gasteiger partial charge is 0.388 e. The van der Waals surface area contributed by atoms with Gasteiger partial charge in [0, 0.05) is 18.1 Å². The molecule has 4 nitrogen and oxygen atoms in total. The first-order valence-electron chi connectivity index (χ1n) is 6.35. The summed E-state index contributed by atoms with van der Waals surface area (Å²) in [6.07, 6.45) is 3.22. The van der Waals surface area contributed by atoms with E-state index in [0.717, 1.165) is 10.9 Å². The zero-order valence-electron chi connectivity index (χ0n) is 10.8. The first kappa shape index (κ1) is 12.8. The fraction of sp³-hybridized carbons (Fsp3) is 0.429. The number of aliphatic hydroxyl groups is 1. The van der Waals surface area contributed by atoms with E-state index in [1.807, 2.05) is 38.1 Å². The monoisotopic (exact) mass is 245 g/mol. The van der Waals surface area contributed by atoms with Gasteiger partial charge < -0.3 is 10.4 Å². The van der Waals surface area contributed by atoms with Gasteiger partial charge in [-0.2, -0.15) is 0 Å². The van der Waals surface area contributed by atoms with Crippen molar-refractivity contribution in [2.75, 3.05) is 11.9 Å². The third-order valence-electron chi connectivity index (χ3n) is 3.38. The van der Waals surface area contributed by atoms with E-state index < -0.39 is 5.60 Å². The summed E-state index contributed by atoms with van der Waals surface area (Å²) < 4.78 is 0. The van der Waals surface area contributed by atoms with Crippen molar-refractivity contribution in [3.05, 3.63) is 30.5 Å². The molecule has 18 heavy (non-hydrogen) atoms. The molecule has 0 spiro atoms. The molecule has 96 valence electrons. The molecule has 0 bridgehead atoms. The lowest BCUT2D eigenvalue weighted by Gasteiger charge is -2.25. The van der Waals surface area contributed by atoms with E-state index in [2.05, 4.69) is 15.3 Å². The Bertz CT molecular complexity index is 523. The first-order chi connectivity index (χ1) is 8.67. The Morgan fingerprint density at radius 2 is 1.94 bits per heavy atom. The van der Waals surface area contributed by atoms with Crippen molar-refractivity contribution in [2.45, 2.75) is 32.3 Å². The number of fused-ring (bicyclic) bond motifs is 1. The van der Waals surface area contributed by atoms with Crippen LogP contribution in [0.25, 0.3) is 10.9 Å². The summed E-state index contributed by atoms with van der Waals surface area (Å²) in [4.78, 5) is 8.66. The van der Waals surface area contributed by atoms with Crippen molar-refractivity contribution >= 4 is 16.9 Å². The van der Waals surface area contributed by atoms with Gasteiger partial charge in [-0.1, -0.05) is 32.0 Å². The molecule has 2 N–H and O–H groups in total. The molecule has 0 saturated carbocycles. The fourth-order valence-corrected chi connectivity index (χ4v) is 1.80. The van der Waals surface area contributed by atoms with Gasteiger partial charge in [-0.3, -0.25) is 0 Å². The van der Waals surface area contributed by atoms with Gasteiger partial charge in [0.25, 0.3) is 0 Å². The molecule has 0 saturated heterocycles. The highest BCUT2D eigenvalue weighted by molar-refractivity contribution is 5.78. The van der Waals surface area contributed by atoms with Crippen molar-refractivity contribution in [3.8, 4) is 0 Å². The van der Waals surface area contributed by atoms with Crippen LogP contribution in [0, 0.1) is 0 Å². The maximum atomic E-state index is 10.2. The van der Waals surface area contributed by atoms with Crippen molar-refractivity contribution in [1.82, 2.24) is 9.97 Å². The highest BCUT2D eigenvalue weighted by Crippen LogP contribution is 2.16. The minimum atomic E-state index is -0.686. The van der Waals surface area contributed by atoms with Crippen LogP contribution in [-0.2, 0) is 0 Å². The Balaban J connectivity index is 2.12. The average Bonchev–Trinajstić information content (AvgIpc) is 2.44. The molecular weight excluding hydrogens is 226 g/mol. The van der Waals surface area contributed by atoms with Crippen LogP contribution < -0.4 is 5.32 Å². The lowest BCUT2D eigenvalue weighted by molar-refractivity contribution is 0.0455. The minimum absolute atomic E-state index is 0.471. The standard InChI is InChI=1S/C14H19N3O/c1-3-14(18,4-2)10-16-13-15-9-11-7-5-6-8-12(11)17-13/h5-9,18H,3-4,10H2,1-2H3,(H,15,16,17). The van der Waals surface area contributed by atoms with E-state index in [4.69, 9.17) is 0 Å². The Morgan fingerprint density at radius 1 is 1.22 bits per heavy atom. The maximum Gasteiger partial charge on any atom is 0.223 e. The molecule has 0 aliphatic rings. The van der Waals surface area contributed by atoms with Crippen LogP contribution >= 0.6 is 0 Å². The van der Waals surface area contributed by atoms with Gasteiger partial charge >= 0.3 is 0 Å². The topological polar surface area (TPSA) is 58.0 Å². The highest BCUT2D eigenvalue weighted by Gasteiger charge is 2.21. The zero-order valence-corrected chi connectivity index (χ0v) is 10.8. The van der Waals surface area contributed by atoms with Crippen LogP contribution in [-0.4, -0.2) is 27.2 Å². The molecule has 0 unspecified atom stereocenters. The van der Waals surface area contributed by atoms with Crippen LogP contribution in [0.3, 0.4) is 0 Å². The molecule has 0 atom stereocenters. The summed E-state index contributed by atoms with van der Waals surface area (Å²) in [5, 5.41) is 14.3. The number of rotatable bonds is 5. The van der Waals surface area contributed by atoms with Crippen LogP contribution in [0.2, 0.25) is 0 Å². The van der Waals surface area contributed by atoms with Gasteiger partial charge in [-0.15, -0.1) is 0 Å². The Labute approximate surface area is 107 Å². The van der Waals surface area contributed by atoms with Crippen molar-refractivity contribution in [1.29, 1.82) is 0 Å². The molecule has 4 heteroatoms. The van der Waals surface area contributed by atoms with Gasteiger partial charge in [0.05, 0.1) is 11.1 Å². The molecule has 0 amide bonds. The van der Waals surface area contributed by atoms with Crippen LogP contribution in [0.4, 0.5) is 5.95 Å². The number of benzene rings is 1. The van der Waals surface area contributed by atoms with Gasteiger partial charge in [-0.25, -0.2) is 9.97 Å². The number of hydrogen-bond acceptors (Lipinski definition) is 4. The quantitative estimate of drug-likeness (QED) is 0.850. The predicted molar refractivity (Wildman–Crippen MR) is 73.6 cm³/mol. The second kappa shape index (κ2) is 5.31. The van der Waals surface area contributed by atoms with Crippen molar-refractivity contribution < 1.29 is 5.11 Å². The summed E-state index contributed by atoms with van der Waals surface area (Å²) in [6.45, 7) is 4.43. The molecule has 0 aliphatic heterocycles. The van der Waals surface area contributed by atoms with Crippen molar-refractivity contribution in [3.63, 3.8) is 0 Å². The molecule has 1 heterocycles. The van der Waals surface area contributed by atoms with Crippen molar-refractivity contribution in [2.24, 2.45) is 0 Å². The SMILES string of the molecule is CCC(O)(CC)CNc1ncc2ccccc2n1. The summed E-state index contributed by atoms with van der Waals surface area (Å²) in [5.74, 6) is 0.564. The molecule has 0 radical (unpaired) electrons. The molecule has 2 rings (SSSR count). The molecule has 2 aromatic rings. The second-order valence-corrected chi connectivity index (χ2v) is 4.54. The summed E-state index contributed by atoms with van der Waals surface area (Å²) in [6, 6.07) is 7.85. The van der Waals surface area contributed by atoms with Crippen LogP contribution in [0.15, 0.2) is 30.5 Å². The lowest BCUT2D eigenvalue weighted by Crippen LogP contribution is -2.35. The number of para-hydroxylation sites is 1. The number of anilines is 1. The Kier molecular flexibility index (Phi) is 3.77. The molecule has 1 aromatic heterocycles. The normalized spacial score (nSPS) is 11.7. The Morgan fingerprint density at radius 3 is 2.67 bits per heavy atom. The average molecular weight is 245 g/mol.